The van der Waals surface area contributed by atoms with Crippen LogP contribution in [0.15, 0.2) is 17.0 Å². The Morgan fingerprint density at radius 3 is 2.67 bits per heavy atom. The first-order valence-corrected chi connectivity index (χ1v) is 8.70. The smallest absolute Gasteiger partial charge is 0.243 e. The number of hydrogen-bond acceptors (Lipinski definition) is 3. The maximum Gasteiger partial charge on any atom is 0.243 e. The minimum atomic E-state index is -3.85. The summed E-state index contributed by atoms with van der Waals surface area (Å²) < 4.78 is 46.0. The molecule has 4 nitrogen and oxygen atoms in total. The van der Waals surface area contributed by atoms with E-state index < -0.39 is 21.4 Å². The van der Waals surface area contributed by atoms with E-state index in [2.05, 4.69) is 0 Å². The zero-order valence-corrected chi connectivity index (χ0v) is 14.0. The molecule has 1 heterocycles. The fraction of sp³-hybridized carbons (Fsp3) is 0.538. The summed E-state index contributed by atoms with van der Waals surface area (Å²) in [5.41, 5.74) is -0.447. The van der Waals surface area contributed by atoms with Crippen molar-refractivity contribution in [3.05, 3.63) is 28.5 Å². The normalized spacial score (nSPS) is 19.7. The first kappa shape index (κ1) is 17.0. The third kappa shape index (κ3) is 3.19. The summed E-state index contributed by atoms with van der Waals surface area (Å²) in [5.74, 6) is -0.856. The van der Waals surface area contributed by atoms with Gasteiger partial charge in [0.2, 0.25) is 10.0 Å². The molecule has 1 aliphatic heterocycles. The van der Waals surface area contributed by atoms with E-state index in [1.54, 1.807) is 13.8 Å². The zero-order valence-electron chi connectivity index (χ0n) is 11.7. The second-order valence-corrected chi connectivity index (χ2v) is 7.96. The van der Waals surface area contributed by atoms with Crippen molar-refractivity contribution >= 4 is 33.2 Å². The van der Waals surface area contributed by atoms with Crippen LogP contribution in [0.5, 0.6) is 0 Å². The highest BCUT2D eigenvalue weighted by atomic mass is 35.5. The van der Waals surface area contributed by atoms with Gasteiger partial charge in [-0.05, 0) is 31.5 Å². The number of hydrogen-bond donors (Lipinski definition) is 0. The molecular formula is C13H16Cl2FNO3S. The van der Waals surface area contributed by atoms with Gasteiger partial charge in [0.15, 0.2) is 0 Å². The van der Waals surface area contributed by atoms with Crippen LogP contribution in [0.1, 0.15) is 19.4 Å². The maximum atomic E-state index is 13.8. The molecule has 1 aromatic carbocycles. The number of nitrogens with zero attached hydrogens (tertiary/aromatic N) is 1. The van der Waals surface area contributed by atoms with Crippen LogP contribution in [-0.4, -0.2) is 38.0 Å². The lowest BCUT2D eigenvalue weighted by molar-refractivity contribution is -0.00771. The molecular weight excluding hydrogens is 340 g/mol. The number of benzene rings is 1. The van der Waals surface area contributed by atoms with Crippen LogP contribution >= 0.6 is 23.2 Å². The number of sulfonamides is 1. The fourth-order valence-electron chi connectivity index (χ4n) is 2.28. The van der Waals surface area contributed by atoms with Crippen LogP contribution in [0.2, 0.25) is 5.02 Å². The number of morpholine rings is 1. The van der Waals surface area contributed by atoms with E-state index in [-0.39, 0.29) is 34.5 Å². The number of alkyl halides is 1. The monoisotopic (exact) mass is 355 g/mol. The summed E-state index contributed by atoms with van der Waals surface area (Å²) >= 11 is 11.5. The van der Waals surface area contributed by atoms with E-state index in [0.717, 1.165) is 6.07 Å². The molecule has 118 valence electrons. The summed E-state index contributed by atoms with van der Waals surface area (Å²) in [6, 6.07) is 2.25. The van der Waals surface area contributed by atoms with Gasteiger partial charge < -0.3 is 4.74 Å². The molecule has 0 bridgehead atoms. The molecule has 1 saturated heterocycles. The highest BCUT2D eigenvalue weighted by Crippen LogP contribution is 2.31. The van der Waals surface area contributed by atoms with Crippen LogP contribution in [0.3, 0.4) is 0 Å². The molecule has 2 rings (SSSR count). The van der Waals surface area contributed by atoms with Gasteiger partial charge in [-0.3, -0.25) is 0 Å². The molecule has 1 aliphatic rings. The Hall–Kier alpha value is -0.400. The molecule has 0 unspecified atom stereocenters. The number of ether oxygens (including phenoxy) is 1. The maximum absolute atomic E-state index is 13.8. The van der Waals surface area contributed by atoms with Crippen molar-refractivity contribution < 1.29 is 17.5 Å². The van der Waals surface area contributed by atoms with Gasteiger partial charge in [0.05, 0.1) is 28.7 Å². The van der Waals surface area contributed by atoms with E-state index in [1.165, 1.54) is 10.4 Å². The standard InChI is InChI=1S/C13H16Cl2FNO3S/c1-13(2)8-20-4-3-17(13)21(18,19)10-5-9(7-14)12(15)11(16)6-10/h5-6H,3-4,7-8H2,1-2H3. The summed E-state index contributed by atoms with van der Waals surface area (Å²) in [4.78, 5) is -0.143. The average Bonchev–Trinajstić information content (AvgIpc) is 2.40. The van der Waals surface area contributed by atoms with E-state index >= 15 is 0 Å². The molecule has 0 saturated carbocycles. The molecule has 8 heteroatoms. The van der Waals surface area contributed by atoms with Gasteiger partial charge in [0, 0.05) is 12.4 Å². The van der Waals surface area contributed by atoms with Crippen LogP contribution in [0.4, 0.5) is 4.39 Å². The van der Waals surface area contributed by atoms with E-state index in [9.17, 15) is 12.8 Å². The predicted octanol–water partition coefficient (Wildman–Crippen LogP) is 3.02. The topological polar surface area (TPSA) is 46.6 Å². The summed E-state index contributed by atoms with van der Waals surface area (Å²) in [6.45, 7) is 4.33. The van der Waals surface area contributed by atoms with Gasteiger partial charge in [0.1, 0.15) is 5.82 Å². The molecule has 0 amide bonds. The van der Waals surface area contributed by atoms with E-state index in [0.29, 0.717) is 6.61 Å². The van der Waals surface area contributed by atoms with Gasteiger partial charge in [-0.2, -0.15) is 4.31 Å². The van der Waals surface area contributed by atoms with Gasteiger partial charge in [-0.25, -0.2) is 12.8 Å². The lowest BCUT2D eigenvalue weighted by Crippen LogP contribution is -2.55. The molecule has 0 N–H and O–H groups in total. The minimum Gasteiger partial charge on any atom is -0.378 e. The highest BCUT2D eigenvalue weighted by molar-refractivity contribution is 7.89. The van der Waals surface area contributed by atoms with Crippen molar-refractivity contribution in [2.75, 3.05) is 19.8 Å². The Morgan fingerprint density at radius 1 is 1.43 bits per heavy atom. The fourth-order valence-corrected chi connectivity index (χ4v) is 4.55. The third-order valence-corrected chi connectivity index (χ3v) is 6.18. The van der Waals surface area contributed by atoms with Crippen LogP contribution in [-0.2, 0) is 20.6 Å². The zero-order chi connectivity index (χ0) is 15.8. The summed E-state index contributed by atoms with van der Waals surface area (Å²) in [6.07, 6.45) is 0. The first-order chi connectivity index (χ1) is 9.70. The van der Waals surface area contributed by atoms with Crippen molar-refractivity contribution in [2.24, 2.45) is 0 Å². The lowest BCUT2D eigenvalue weighted by Gasteiger charge is -2.40. The Morgan fingerprint density at radius 2 is 2.10 bits per heavy atom. The molecule has 0 spiro atoms. The van der Waals surface area contributed by atoms with Crippen LogP contribution in [0, 0.1) is 5.82 Å². The van der Waals surface area contributed by atoms with Crippen molar-refractivity contribution in [1.82, 2.24) is 4.31 Å². The summed E-state index contributed by atoms with van der Waals surface area (Å²) in [7, 11) is -3.85. The van der Waals surface area contributed by atoms with Gasteiger partial charge >= 0.3 is 0 Å². The summed E-state index contributed by atoms with van der Waals surface area (Å²) in [5, 5.41) is -0.148. The van der Waals surface area contributed by atoms with Crippen molar-refractivity contribution in [1.29, 1.82) is 0 Å². The SMILES string of the molecule is CC1(C)COCCN1S(=O)(=O)c1cc(F)c(Cl)c(CCl)c1. The number of rotatable bonds is 3. The molecule has 0 atom stereocenters. The molecule has 21 heavy (non-hydrogen) atoms. The molecule has 1 aromatic rings. The second kappa shape index (κ2) is 6.01. The quantitative estimate of drug-likeness (QED) is 0.783. The highest BCUT2D eigenvalue weighted by Gasteiger charge is 2.40. The van der Waals surface area contributed by atoms with Gasteiger partial charge in [-0.1, -0.05) is 11.6 Å². The first-order valence-electron chi connectivity index (χ1n) is 6.34. The molecule has 0 aliphatic carbocycles. The number of halogens is 3. The van der Waals surface area contributed by atoms with E-state index in [1.807, 2.05) is 0 Å². The second-order valence-electron chi connectivity index (χ2n) is 5.45. The van der Waals surface area contributed by atoms with Gasteiger partial charge in [0.25, 0.3) is 0 Å². The Labute approximate surface area is 133 Å². The average molecular weight is 356 g/mol. The minimum absolute atomic E-state index is 0.0639. The Bertz CT molecular complexity index is 649. The van der Waals surface area contributed by atoms with E-state index in [4.69, 9.17) is 27.9 Å². The Balaban J connectivity index is 2.51. The van der Waals surface area contributed by atoms with Crippen LogP contribution in [0.25, 0.3) is 0 Å². The third-order valence-electron chi connectivity index (χ3n) is 3.38. The van der Waals surface area contributed by atoms with Crippen molar-refractivity contribution in [3.8, 4) is 0 Å². The van der Waals surface area contributed by atoms with Crippen molar-refractivity contribution in [3.63, 3.8) is 0 Å². The van der Waals surface area contributed by atoms with Crippen LogP contribution < -0.4 is 0 Å². The predicted molar refractivity (Wildman–Crippen MR) is 79.8 cm³/mol. The molecule has 1 fully saturated rings. The van der Waals surface area contributed by atoms with Gasteiger partial charge in [-0.15, -0.1) is 11.6 Å². The van der Waals surface area contributed by atoms with Crippen molar-refractivity contribution in [2.45, 2.75) is 30.2 Å². The Kier molecular flexibility index (Phi) is 4.85. The molecule has 0 aromatic heterocycles. The largest absolute Gasteiger partial charge is 0.378 e. The lowest BCUT2D eigenvalue weighted by atomic mass is 10.1. The molecule has 0 radical (unpaired) electrons.